The highest BCUT2D eigenvalue weighted by Crippen LogP contribution is 2.46. The minimum Gasteiger partial charge on any atom is -0.207 e. The number of halogens is 1. The van der Waals surface area contributed by atoms with Crippen LogP contribution in [0.3, 0.4) is 0 Å². The van der Waals surface area contributed by atoms with Crippen LogP contribution in [0.4, 0.5) is 4.39 Å². The van der Waals surface area contributed by atoms with Gasteiger partial charge in [-0.1, -0.05) is 12.1 Å². The molecule has 2 atom stereocenters. The fourth-order valence-corrected chi connectivity index (χ4v) is 1.60. The van der Waals surface area contributed by atoms with Crippen LogP contribution in [0.5, 0.6) is 0 Å². The summed E-state index contributed by atoms with van der Waals surface area (Å²) in [6.07, 6.45) is 0.932. The Morgan fingerprint density at radius 1 is 1.54 bits per heavy atom. The number of benzene rings is 1. The van der Waals surface area contributed by atoms with Crippen molar-refractivity contribution in [3.8, 4) is 6.07 Å². The molecule has 1 aliphatic rings. The summed E-state index contributed by atoms with van der Waals surface area (Å²) in [5.41, 5.74) is 1.77. The number of nitrogens with zero attached hydrogens (tertiary/aromatic N) is 1. The summed E-state index contributed by atoms with van der Waals surface area (Å²) in [7, 11) is 0. The molecule has 0 N–H and O–H groups in total. The van der Waals surface area contributed by atoms with Crippen molar-refractivity contribution in [3.63, 3.8) is 0 Å². The van der Waals surface area contributed by atoms with Crippen molar-refractivity contribution in [2.24, 2.45) is 5.92 Å². The number of rotatable bonds is 1. The van der Waals surface area contributed by atoms with E-state index >= 15 is 0 Å². The first kappa shape index (κ1) is 8.25. The lowest BCUT2D eigenvalue weighted by molar-refractivity contribution is 0.617. The van der Waals surface area contributed by atoms with Gasteiger partial charge in [0.2, 0.25) is 0 Å². The molecule has 0 amide bonds. The fraction of sp³-hybridized carbons (Fsp3) is 0.364. The van der Waals surface area contributed by atoms with Crippen LogP contribution in [0.25, 0.3) is 0 Å². The molecule has 1 fully saturated rings. The number of hydrogen-bond donors (Lipinski definition) is 0. The average Bonchev–Trinajstić information content (AvgIpc) is 2.88. The third-order valence-corrected chi connectivity index (χ3v) is 2.57. The molecule has 0 heterocycles. The monoisotopic (exact) mass is 175 g/mol. The van der Waals surface area contributed by atoms with Gasteiger partial charge >= 0.3 is 0 Å². The Bertz CT molecular complexity index is 378. The molecule has 2 rings (SSSR count). The highest BCUT2D eigenvalue weighted by Gasteiger charge is 2.38. The van der Waals surface area contributed by atoms with Gasteiger partial charge in [0.1, 0.15) is 5.82 Å². The van der Waals surface area contributed by atoms with Crippen molar-refractivity contribution in [3.05, 3.63) is 35.1 Å². The molecule has 0 aliphatic heterocycles. The van der Waals surface area contributed by atoms with E-state index in [0.717, 1.165) is 12.0 Å². The van der Waals surface area contributed by atoms with E-state index in [1.165, 1.54) is 6.07 Å². The van der Waals surface area contributed by atoms with Gasteiger partial charge in [-0.05, 0) is 30.5 Å². The molecular weight excluding hydrogens is 165 g/mol. The zero-order chi connectivity index (χ0) is 9.42. The molecule has 0 saturated heterocycles. The lowest BCUT2D eigenvalue weighted by atomic mass is 10.1. The van der Waals surface area contributed by atoms with Gasteiger partial charge in [0.05, 0.1) is 12.0 Å². The predicted molar refractivity (Wildman–Crippen MR) is 47.6 cm³/mol. The smallest absolute Gasteiger partial charge is 0.126 e. The maximum Gasteiger partial charge on any atom is 0.126 e. The van der Waals surface area contributed by atoms with Gasteiger partial charge in [-0.2, -0.15) is 5.26 Å². The summed E-state index contributed by atoms with van der Waals surface area (Å²) in [4.78, 5) is 0. The van der Waals surface area contributed by atoms with Gasteiger partial charge in [-0.25, -0.2) is 4.39 Å². The highest BCUT2D eigenvalue weighted by molar-refractivity contribution is 5.32. The van der Waals surface area contributed by atoms with Crippen molar-refractivity contribution in [2.45, 2.75) is 19.3 Å². The highest BCUT2D eigenvalue weighted by atomic mass is 19.1. The molecule has 13 heavy (non-hydrogen) atoms. The molecule has 66 valence electrons. The van der Waals surface area contributed by atoms with E-state index in [0.29, 0.717) is 11.5 Å². The summed E-state index contributed by atoms with van der Waals surface area (Å²) in [5, 5.41) is 8.64. The first-order valence-electron chi connectivity index (χ1n) is 4.38. The molecular formula is C11H10FN. The first-order valence-corrected chi connectivity index (χ1v) is 4.38. The maximum absolute atomic E-state index is 12.9. The molecule has 2 unspecified atom stereocenters. The Labute approximate surface area is 76.8 Å². The van der Waals surface area contributed by atoms with Crippen molar-refractivity contribution in [1.29, 1.82) is 5.26 Å². The maximum atomic E-state index is 12.9. The summed E-state index contributed by atoms with van der Waals surface area (Å²) in [6, 6.07) is 7.34. The van der Waals surface area contributed by atoms with Crippen LogP contribution >= 0.6 is 0 Å². The Morgan fingerprint density at radius 2 is 2.31 bits per heavy atom. The molecule has 1 saturated carbocycles. The van der Waals surface area contributed by atoms with E-state index in [1.807, 2.05) is 6.07 Å². The first-order chi connectivity index (χ1) is 6.22. The molecule has 0 bridgehead atoms. The molecule has 0 radical (unpaired) electrons. The van der Waals surface area contributed by atoms with E-state index < -0.39 is 0 Å². The number of aryl methyl sites for hydroxylation is 1. The van der Waals surface area contributed by atoms with Crippen LogP contribution in [-0.2, 0) is 0 Å². The van der Waals surface area contributed by atoms with Crippen molar-refractivity contribution in [1.82, 2.24) is 0 Å². The van der Waals surface area contributed by atoms with Crippen LogP contribution in [-0.4, -0.2) is 0 Å². The van der Waals surface area contributed by atoms with Gasteiger partial charge in [-0.3, -0.25) is 0 Å². The molecule has 2 heteroatoms. The minimum absolute atomic E-state index is 0.157. The molecule has 0 aromatic heterocycles. The summed E-state index contributed by atoms with van der Waals surface area (Å²) in [6.45, 7) is 1.75. The Kier molecular flexibility index (Phi) is 1.81. The van der Waals surface area contributed by atoms with Gasteiger partial charge in [0.25, 0.3) is 0 Å². The summed E-state index contributed by atoms with van der Waals surface area (Å²) < 4.78 is 12.9. The topological polar surface area (TPSA) is 23.8 Å². The van der Waals surface area contributed by atoms with Crippen LogP contribution in [0, 0.1) is 30.0 Å². The van der Waals surface area contributed by atoms with Crippen LogP contribution in [0.2, 0.25) is 0 Å². The lowest BCUT2D eigenvalue weighted by Crippen LogP contribution is -1.87. The van der Waals surface area contributed by atoms with E-state index in [4.69, 9.17) is 5.26 Å². The van der Waals surface area contributed by atoms with Crippen molar-refractivity contribution >= 4 is 0 Å². The average molecular weight is 175 g/mol. The van der Waals surface area contributed by atoms with Crippen LogP contribution < -0.4 is 0 Å². The third-order valence-electron chi connectivity index (χ3n) is 2.57. The largest absolute Gasteiger partial charge is 0.207 e. The van der Waals surface area contributed by atoms with E-state index in [2.05, 4.69) is 6.07 Å². The Morgan fingerprint density at radius 3 is 2.85 bits per heavy atom. The molecule has 1 aliphatic carbocycles. The van der Waals surface area contributed by atoms with Gasteiger partial charge < -0.3 is 0 Å². The van der Waals surface area contributed by atoms with Gasteiger partial charge in [-0.15, -0.1) is 0 Å². The normalized spacial score (nSPS) is 25.3. The van der Waals surface area contributed by atoms with Crippen molar-refractivity contribution in [2.75, 3.05) is 0 Å². The lowest BCUT2D eigenvalue weighted by Gasteiger charge is -2.00. The Balaban J connectivity index is 2.25. The second kappa shape index (κ2) is 2.85. The van der Waals surface area contributed by atoms with E-state index in [1.54, 1.807) is 13.0 Å². The van der Waals surface area contributed by atoms with E-state index in [9.17, 15) is 4.39 Å². The zero-order valence-corrected chi connectivity index (χ0v) is 7.42. The third kappa shape index (κ3) is 1.42. The number of hydrogen-bond acceptors (Lipinski definition) is 1. The second-order valence-electron chi connectivity index (χ2n) is 3.59. The molecule has 1 aromatic rings. The van der Waals surface area contributed by atoms with Crippen LogP contribution in [0.1, 0.15) is 23.5 Å². The molecule has 1 nitrogen and oxygen atoms in total. The molecule has 1 aromatic carbocycles. The van der Waals surface area contributed by atoms with Crippen LogP contribution in [0.15, 0.2) is 18.2 Å². The summed E-state index contributed by atoms with van der Waals surface area (Å²) >= 11 is 0. The predicted octanol–water partition coefficient (Wildman–Crippen LogP) is 2.76. The number of nitriles is 1. The SMILES string of the molecule is Cc1cc(C2CC2C#N)ccc1F. The summed E-state index contributed by atoms with van der Waals surface area (Å²) in [5.74, 6) is 0.340. The fourth-order valence-electron chi connectivity index (χ4n) is 1.60. The Hall–Kier alpha value is -1.36. The van der Waals surface area contributed by atoms with Crippen molar-refractivity contribution < 1.29 is 4.39 Å². The zero-order valence-electron chi connectivity index (χ0n) is 7.42. The minimum atomic E-state index is -0.169. The van der Waals surface area contributed by atoms with Gasteiger partial charge in [0, 0.05) is 5.92 Å². The second-order valence-corrected chi connectivity index (χ2v) is 3.59. The standard InChI is InChI=1S/C11H10FN/c1-7-4-8(2-3-11(7)12)10-5-9(10)6-13/h2-4,9-10H,5H2,1H3. The quantitative estimate of drug-likeness (QED) is 0.643. The van der Waals surface area contributed by atoms with E-state index in [-0.39, 0.29) is 11.7 Å². The van der Waals surface area contributed by atoms with Gasteiger partial charge in [0.15, 0.2) is 0 Å². The molecule has 0 spiro atoms.